The molecule has 0 spiro atoms. The first-order valence-corrected chi connectivity index (χ1v) is 5.95. The van der Waals surface area contributed by atoms with Crippen LogP contribution in [0.25, 0.3) is 0 Å². The van der Waals surface area contributed by atoms with Gasteiger partial charge >= 0.3 is 6.08 Å². The van der Waals surface area contributed by atoms with Crippen LogP contribution in [0.15, 0.2) is 28.9 Å². The van der Waals surface area contributed by atoms with Crippen molar-refractivity contribution in [3.63, 3.8) is 0 Å². The van der Waals surface area contributed by atoms with Crippen molar-refractivity contribution in [3.8, 4) is 17.6 Å². The molecule has 0 radical (unpaired) electrons. The molecule has 0 aliphatic carbocycles. The monoisotopic (exact) mass is 262 g/mol. The van der Waals surface area contributed by atoms with E-state index in [2.05, 4.69) is 10.3 Å². The molecule has 1 aliphatic heterocycles. The molecule has 2 aromatic rings. The lowest BCUT2D eigenvalue weighted by atomic mass is 10.2. The second kappa shape index (κ2) is 5.19. The van der Waals surface area contributed by atoms with Gasteiger partial charge < -0.3 is 23.9 Å². The van der Waals surface area contributed by atoms with Gasteiger partial charge in [0.1, 0.15) is 12.9 Å². The quantitative estimate of drug-likeness (QED) is 0.884. The lowest BCUT2D eigenvalue weighted by Crippen LogP contribution is -2.05. The molecule has 6 nitrogen and oxygen atoms in total. The molecule has 1 aromatic heterocycles. The lowest BCUT2D eigenvalue weighted by Gasteiger charge is -2.03. The average Bonchev–Trinajstić information content (AvgIpc) is 3.04. The molecule has 1 aliphatic rings. The second-order valence-corrected chi connectivity index (χ2v) is 4.11. The Balaban J connectivity index is 1.62. The normalized spacial score (nSPS) is 12.7. The van der Waals surface area contributed by atoms with Gasteiger partial charge in [0.05, 0.1) is 5.69 Å². The molecule has 0 saturated carbocycles. The minimum atomic E-state index is 0.267. The summed E-state index contributed by atoms with van der Waals surface area (Å²) in [7, 11) is 1.85. The summed E-state index contributed by atoms with van der Waals surface area (Å²) in [6.45, 7) is 1.29. The molecule has 0 unspecified atom stereocenters. The molecular formula is C13H14N2O4. The van der Waals surface area contributed by atoms with E-state index in [0.717, 1.165) is 22.8 Å². The van der Waals surface area contributed by atoms with Crippen LogP contribution in [0.1, 0.15) is 11.3 Å². The maximum absolute atomic E-state index is 5.48. The number of ether oxygens (including phenoxy) is 3. The SMILES string of the molecule is CNCc1coc(OCc2ccc3c(c2)OCO3)n1. The first-order valence-electron chi connectivity index (χ1n) is 5.95. The van der Waals surface area contributed by atoms with E-state index in [1.54, 1.807) is 6.26 Å². The zero-order chi connectivity index (χ0) is 13.1. The summed E-state index contributed by atoms with van der Waals surface area (Å²) < 4.78 is 21.2. The number of oxazole rings is 1. The van der Waals surface area contributed by atoms with Crippen LogP contribution in [0, 0.1) is 0 Å². The van der Waals surface area contributed by atoms with Gasteiger partial charge in [-0.2, -0.15) is 4.98 Å². The van der Waals surface area contributed by atoms with E-state index in [9.17, 15) is 0 Å². The van der Waals surface area contributed by atoms with E-state index in [1.165, 1.54) is 0 Å². The van der Waals surface area contributed by atoms with E-state index in [0.29, 0.717) is 13.2 Å². The summed E-state index contributed by atoms with van der Waals surface area (Å²) in [5.74, 6) is 1.50. The summed E-state index contributed by atoms with van der Waals surface area (Å²) >= 11 is 0. The van der Waals surface area contributed by atoms with Crippen LogP contribution in [0.4, 0.5) is 0 Å². The lowest BCUT2D eigenvalue weighted by molar-refractivity contribution is 0.173. The fourth-order valence-corrected chi connectivity index (χ4v) is 1.79. The van der Waals surface area contributed by atoms with Gasteiger partial charge in [0.25, 0.3) is 0 Å². The van der Waals surface area contributed by atoms with Gasteiger partial charge in [-0.05, 0) is 24.7 Å². The maximum Gasteiger partial charge on any atom is 0.394 e. The van der Waals surface area contributed by atoms with Gasteiger partial charge in [-0.25, -0.2) is 0 Å². The largest absolute Gasteiger partial charge is 0.454 e. The molecule has 0 saturated heterocycles. The van der Waals surface area contributed by atoms with Crippen molar-refractivity contribution >= 4 is 0 Å². The van der Waals surface area contributed by atoms with Gasteiger partial charge in [-0.15, -0.1) is 0 Å². The molecule has 6 heteroatoms. The van der Waals surface area contributed by atoms with Gasteiger partial charge in [-0.1, -0.05) is 6.07 Å². The van der Waals surface area contributed by atoms with E-state index in [1.807, 2.05) is 25.2 Å². The molecule has 1 aromatic carbocycles. The van der Waals surface area contributed by atoms with Crippen molar-refractivity contribution in [1.82, 2.24) is 10.3 Å². The highest BCUT2D eigenvalue weighted by Crippen LogP contribution is 2.32. The van der Waals surface area contributed by atoms with Crippen LogP contribution in [0.3, 0.4) is 0 Å². The first kappa shape index (κ1) is 11.9. The standard InChI is InChI=1S/C13H14N2O4/c1-14-5-10-7-17-13(15-10)16-6-9-2-3-11-12(4-9)19-8-18-11/h2-4,7,14H,5-6,8H2,1H3. The average molecular weight is 262 g/mol. The van der Waals surface area contributed by atoms with Crippen molar-refractivity contribution in [2.45, 2.75) is 13.2 Å². The Morgan fingerprint density at radius 1 is 1.32 bits per heavy atom. The molecule has 0 amide bonds. The summed E-state index contributed by atoms with van der Waals surface area (Å²) in [5.41, 5.74) is 1.78. The number of fused-ring (bicyclic) bond motifs is 1. The zero-order valence-corrected chi connectivity index (χ0v) is 10.5. The highest BCUT2D eigenvalue weighted by atomic mass is 16.7. The highest BCUT2D eigenvalue weighted by molar-refractivity contribution is 5.44. The minimum Gasteiger partial charge on any atom is -0.454 e. The first-order chi connectivity index (χ1) is 9.35. The second-order valence-electron chi connectivity index (χ2n) is 4.11. The Morgan fingerprint density at radius 3 is 3.11 bits per heavy atom. The molecular weight excluding hydrogens is 248 g/mol. The smallest absolute Gasteiger partial charge is 0.394 e. The van der Waals surface area contributed by atoms with E-state index < -0.39 is 0 Å². The Kier molecular flexibility index (Phi) is 3.24. The Hall–Kier alpha value is -2.21. The number of nitrogens with zero attached hydrogens (tertiary/aromatic N) is 1. The van der Waals surface area contributed by atoms with Crippen molar-refractivity contribution in [2.75, 3.05) is 13.8 Å². The summed E-state index contributed by atoms with van der Waals surface area (Å²) in [5, 5.41) is 2.99. The number of rotatable bonds is 5. The van der Waals surface area contributed by atoms with Gasteiger partial charge in [-0.3, -0.25) is 0 Å². The van der Waals surface area contributed by atoms with Crippen LogP contribution in [-0.4, -0.2) is 18.8 Å². The topological polar surface area (TPSA) is 65.8 Å². The molecule has 3 rings (SSSR count). The Labute approximate surface area is 110 Å². The number of hydrogen-bond acceptors (Lipinski definition) is 6. The summed E-state index contributed by atoms with van der Waals surface area (Å²) in [4.78, 5) is 4.18. The fraction of sp³-hybridized carbons (Fsp3) is 0.308. The van der Waals surface area contributed by atoms with Crippen molar-refractivity contribution in [2.24, 2.45) is 0 Å². The maximum atomic E-state index is 5.48. The number of aromatic nitrogens is 1. The van der Waals surface area contributed by atoms with E-state index >= 15 is 0 Å². The third kappa shape index (κ3) is 2.63. The highest BCUT2D eigenvalue weighted by Gasteiger charge is 2.13. The molecule has 19 heavy (non-hydrogen) atoms. The van der Waals surface area contributed by atoms with Crippen molar-refractivity contribution < 1.29 is 18.6 Å². The predicted octanol–water partition coefficient (Wildman–Crippen LogP) is 1.70. The fourth-order valence-electron chi connectivity index (χ4n) is 1.79. The zero-order valence-electron chi connectivity index (χ0n) is 10.5. The number of benzene rings is 1. The number of hydrogen-bond donors (Lipinski definition) is 1. The Bertz CT molecular complexity index is 568. The summed E-state index contributed by atoms with van der Waals surface area (Å²) in [6.07, 6.45) is 1.84. The van der Waals surface area contributed by atoms with Crippen LogP contribution in [0.5, 0.6) is 17.6 Å². The summed E-state index contributed by atoms with van der Waals surface area (Å²) in [6, 6.07) is 5.67. The van der Waals surface area contributed by atoms with Gasteiger partial charge in [0, 0.05) is 6.54 Å². The molecule has 2 heterocycles. The molecule has 100 valence electrons. The van der Waals surface area contributed by atoms with Gasteiger partial charge in [0.2, 0.25) is 6.79 Å². The third-order valence-electron chi connectivity index (χ3n) is 2.69. The van der Waals surface area contributed by atoms with Crippen LogP contribution in [-0.2, 0) is 13.2 Å². The molecule has 0 atom stereocenters. The Morgan fingerprint density at radius 2 is 2.21 bits per heavy atom. The van der Waals surface area contributed by atoms with Crippen LogP contribution < -0.4 is 19.5 Å². The van der Waals surface area contributed by atoms with Crippen molar-refractivity contribution in [3.05, 3.63) is 35.7 Å². The number of nitrogens with one attached hydrogen (secondary N) is 1. The van der Waals surface area contributed by atoms with Gasteiger partial charge in [0.15, 0.2) is 11.5 Å². The van der Waals surface area contributed by atoms with Crippen LogP contribution >= 0.6 is 0 Å². The van der Waals surface area contributed by atoms with E-state index in [-0.39, 0.29) is 12.9 Å². The molecule has 0 fully saturated rings. The molecule has 0 bridgehead atoms. The van der Waals surface area contributed by atoms with E-state index in [4.69, 9.17) is 18.6 Å². The predicted molar refractivity (Wildman–Crippen MR) is 66.2 cm³/mol. The van der Waals surface area contributed by atoms with Crippen molar-refractivity contribution in [1.29, 1.82) is 0 Å². The van der Waals surface area contributed by atoms with Crippen LogP contribution in [0.2, 0.25) is 0 Å². The molecule has 1 N–H and O–H groups in total. The minimum absolute atomic E-state index is 0.267. The third-order valence-corrected chi connectivity index (χ3v) is 2.69.